The van der Waals surface area contributed by atoms with Gasteiger partial charge in [-0.15, -0.1) is 0 Å². The number of fused-ring (bicyclic) bond motifs is 3. The van der Waals surface area contributed by atoms with E-state index in [1.807, 2.05) is 30.9 Å². The smallest absolute Gasteiger partial charge is 0.254 e. The molecule has 0 N–H and O–H groups in total. The average Bonchev–Trinajstić information content (AvgIpc) is 2.61. The molecule has 0 aliphatic carbocycles. The van der Waals surface area contributed by atoms with Gasteiger partial charge in [-0.3, -0.25) is 14.7 Å². The molecule has 0 aromatic carbocycles. The summed E-state index contributed by atoms with van der Waals surface area (Å²) in [7, 11) is 0. The molecule has 1 amide bonds. The highest BCUT2D eigenvalue weighted by Gasteiger charge is 2.38. The summed E-state index contributed by atoms with van der Waals surface area (Å²) in [5.41, 5.74) is 2.63. The Hall–Kier alpha value is -1.46. The van der Waals surface area contributed by atoms with Crippen molar-refractivity contribution >= 4 is 5.91 Å². The topological polar surface area (TPSA) is 39.7 Å². The zero-order chi connectivity index (χ0) is 16.7. The van der Waals surface area contributed by atoms with Crippen molar-refractivity contribution in [3.8, 4) is 0 Å². The predicted molar refractivity (Wildman–Crippen MR) is 94.1 cm³/mol. The van der Waals surface area contributed by atoms with E-state index in [0.717, 1.165) is 55.1 Å². The number of carbonyl (C=O) groups is 1. The van der Waals surface area contributed by atoms with E-state index in [2.05, 4.69) is 14.8 Å². The van der Waals surface area contributed by atoms with Crippen molar-refractivity contribution in [1.82, 2.24) is 19.7 Å². The lowest BCUT2D eigenvalue weighted by Crippen LogP contribution is -2.61. The van der Waals surface area contributed by atoms with Crippen LogP contribution in [-0.4, -0.2) is 77.4 Å². The molecule has 130 valence electrons. The molecule has 4 aliphatic rings. The summed E-state index contributed by atoms with van der Waals surface area (Å²) >= 11 is 0. The first-order valence-electron chi connectivity index (χ1n) is 9.31. The molecule has 4 fully saturated rings. The lowest BCUT2D eigenvalue weighted by atomic mass is 9.83. The van der Waals surface area contributed by atoms with Gasteiger partial charge in [0, 0.05) is 55.7 Å². The first kappa shape index (κ1) is 16.0. The Morgan fingerprint density at radius 3 is 2.17 bits per heavy atom. The van der Waals surface area contributed by atoms with Crippen LogP contribution in [-0.2, 0) is 0 Å². The number of hydrogen-bond donors (Lipinski definition) is 0. The lowest BCUT2D eigenvalue weighted by Gasteiger charge is -2.51. The van der Waals surface area contributed by atoms with Gasteiger partial charge in [0.25, 0.3) is 5.91 Å². The Kier molecular flexibility index (Phi) is 4.31. The van der Waals surface area contributed by atoms with Crippen LogP contribution in [0.4, 0.5) is 0 Å². The standard InChI is InChI=1S/C19H28N4O/c1-14-11-17(12-15(2)20-14)19(24)23-9-7-22(8-10-23)18-13-21-5-3-16(18)4-6-21/h11-12,16,18H,3-10,13H2,1-2H3/t18-/m1/s1. The van der Waals surface area contributed by atoms with E-state index in [0.29, 0.717) is 0 Å². The molecule has 1 aromatic heterocycles. The Morgan fingerprint density at radius 1 is 1.00 bits per heavy atom. The van der Waals surface area contributed by atoms with Gasteiger partial charge in [0.2, 0.25) is 0 Å². The molecule has 1 atom stereocenters. The van der Waals surface area contributed by atoms with Crippen LogP contribution >= 0.6 is 0 Å². The number of carbonyl (C=O) groups excluding carboxylic acids is 1. The molecule has 1 aromatic rings. The van der Waals surface area contributed by atoms with Gasteiger partial charge < -0.3 is 9.80 Å². The van der Waals surface area contributed by atoms with Crippen molar-refractivity contribution in [2.24, 2.45) is 5.92 Å². The van der Waals surface area contributed by atoms with Gasteiger partial charge in [-0.1, -0.05) is 0 Å². The summed E-state index contributed by atoms with van der Waals surface area (Å²) in [5, 5.41) is 0. The highest BCUT2D eigenvalue weighted by molar-refractivity contribution is 5.94. The van der Waals surface area contributed by atoms with Crippen LogP contribution < -0.4 is 0 Å². The van der Waals surface area contributed by atoms with Gasteiger partial charge in [-0.05, 0) is 57.8 Å². The quantitative estimate of drug-likeness (QED) is 0.826. The van der Waals surface area contributed by atoms with Crippen molar-refractivity contribution in [1.29, 1.82) is 0 Å². The fourth-order valence-corrected chi connectivity index (χ4v) is 4.74. The van der Waals surface area contributed by atoms with Crippen LogP contribution in [0.1, 0.15) is 34.6 Å². The monoisotopic (exact) mass is 328 g/mol. The molecule has 5 heteroatoms. The van der Waals surface area contributed by atoms with Gasteiger partial charge in [0.15, 0.2) is 0 Å². The van der Waals surface area contributed by atoms with E-state index in [9.17, 15) is 4.79 Å². The Labute approximate surface area is 144 Å². The largest absolute Gasteiger partial charge is 0.336 e. The number of piperidine rings is 3. The number of pyridine rings is 1. The normalized spacial score (nSPS) is 30.6. The summed E-state index contributed by atoms with van der Waals surface area (Å²) in [5.74, 6) is 1.04. The van der Waals surface area contributed by atoms with Crippen molar-refractivity contribution in [3.63, 3.8) is 0 Å². The molecule has 24 heavy (non-hydrogen) atoms. The maximum atomic E-state index is 12.8. The van der Waals surface area contributed by atoms with Crippen molar-refractivity contribution in [2.75, 3.05) is 45.8 Å². The second-order valence-corrected chi connectivity index (χ2v) is 7.67. The number of piperazine rings is 1. The van der Waals surface area contributed by atoms with E-state index in [4.69, 9.17) is 0 Å². The zero-order valence-electron chi connectivity index (χ0n) is 14.9. The van der Waals surface area contributed by atoms with E-state index in [-0.39, 0.29) is 5.91 Å². The number of aryl methyl sites for hydroxylation is 2. The number of nitrogens with zero attached hydrogens (tertiary/aromatic N) is 4. The third kappa shape index (κ3) is 3.07. The third-order valence-electron chi connectivity index (χ3n) is 6.02. The van der Waals surface area contributed by atoms with Gasteiger partial charge >= 0.3 is 0 Å². The number of hydrogen-bond acceptors (Lipinski definition) is 4. The van der Waals surface area contributed by atoms with E-state index < -0.39 is 0 Å². The van der Waals surface area contributed by atoms with Crippen LogP contribution in [0.5, 0.6) is 0 Å². The van der Waals surface area contributed by atoms with Crippen LogP contribution in [0, 0.1) is 19.8 Å². The van der Waals surface area contributed by atoms with Crippen molar-refractivity contribution in [3.05, 3.63) is 29.1 Å². The first-order valence-corrected chi connectivity index (χ1v) is 9.31. The highest BCUT2D eigenvalue weighted by atomic mass is 16.2. The van der Waals surface area contributed by atoms with E-state index in [1.54, 1.807) is 0 Å². The second-order valence-electron chi connectivity index (χ2n) is 7.67. The van der Waals surface area contributed by atoms with Crippen LogP contribution in [0.2, 0.25) is 0 Å². The minimum absolute atomic E-state index is 0.164. The predicted octanol–water partition coefficient (Wildman–Crippen LogP) is 1.55. The first-order chi connectivity index (χ1) is 11.6. The maximum Gasteiger partial charge on any atom is 0.254 e. The van der Waals surface area contributed by atoms with Crippen LogP contribution in [0.15, 0.2) is 12.1 Å². The molecular formula is C19H28N4O. The lowest BCUT2D eigenvalue weighted by molar-refractivity contribution is -0.0131. The molecule has 2 bridgehead atoms. The minimum Gasteiger partial charge on any atom is -0.336 e. The Morgan fingerprint density at radius 2 is 1.62 bits per heavy atom. The van der Waals surface area contributed by atoms with Crippen molar-refractivity contribution in [2.45, 2.75) is 32.7 Å². The van der Waals surface area contributed by atoms with Gasteiger partial charge in [-0.25, -0.2) is 0 Å². The molecule has 4 saturated heterocycles. The summed E-state index contributed by atoms with van der Waals surface area (Å²) in [6, 6.07) is 4.54. The molecule has 5 rings (SSSR count). The van der Waals surface area contributed by atoms with Crippen LogP contribution in [0.3, 0.4) is 0 Å². The minimum atomic E-state index is 0.164. The molecule has 0 radical (unpaired) electrons. The maximum absolute atomic E-state index is 12.8. The summed E-state index contributed by atoms with van der Waals surface area (Å²) in [4.78, 5) is 24.4. The Bertz CT molecular complexity index is 596. The van der Waals surface area contributed by atoms with Gasteiger partial charge in [0.05, 0.1) is 0 Å². The zero-order valence-corrected chi connectivity index (χ0v) is 14.9. The number of rotatable bonds is 2. The van der Waals surface area contributed by atoms with Gasteiger partial charge in [-0.2, -0.15) is 0 Å². The average molecular weight is 328 g/mol. The van der Waals surface area contributed by atoms with Crippen LogP contribution in [0.25, 0.3) is 0 Å². The summed E-state index contributed by atoms with van der Waals surface area (Å²) < 4.78 is 0. The third-order valence-corrected chi connectivity index (χ3v) is 6.02. The fraction of sp³-hybridized carbons (Fsp3) is 0.684. The summed E-state index contributed by atoms with van der Waals surface area (Å²) in [6.07, 6.45) is 2.72. The number of amides is 1. The molecular weight excluding hydrogens is 300 g/mol. The fourth-order valence-electron chi connectivity index (χ4n) is 4.74. The SMILES string of the molecule is Cc1cc(C(=O)N2CCN([C@@H]3CN4CCC3CC4)CC2)cc(C)n1. The molecule has 5 nitrogen and oxygen atoms in total. The molecule has 0 spiro atoms. The summed E-state index contributed by atoms with van der Waals surface area (Å²) in [6.45, 7) is 11.5. The van der Waals surface area contributed by atoms with Crippen molar-refractivity contribution < 1.29 is 4.79 Å². The number of aromatic nitrogens is 1. The highest BCUT2D eigenvalue weighted by Crippen LogP contribution is 2.31. The van der Waals surface area contributed by atoms with Gasteiger partial charge in [0.1, 0.15) is 0 Å². The Balaban J connectivity index is 1.38. The molecule has 4 aliphatic heterocycles. The van der Waals surface area contributed by atoms with E-state index in [1.165, 1.54) is 32.5 Å². The molecule has 0 unspecified atom stereocenters. The second kappa shape index (κ2) is 6.45. The molecule has 0 saturated carbocycles. The molecule has 5 heterocycles. The van der Waals surface area contributed by atoms with E-state index >= 15 is 0 Å².